The molecule has 0 aliphatic carbocycles. The maximum absolute atomic E-state index is 2.79. The second-order valence-corrected chi connectivity index (χ2v) is 4.08. The summed E-state index contributed by atoms with van der Waals surface area (Å²) in [6.45, 7) is 2.16. The van der Waals surface area contributed by atoms with Gasteiger partial charge < -0.3 is 0 Å². The number of hydrogen-bond donors (Lipinski definition) is 0. The van der Waals surface area contributed by atoms with Gasteiger partial charge in [0.25, 0.3) is 0 Å². The molecule has 0 saturated carbocycles. The first kappa shape index (κ1) is 10.4. The molecule has 0 aliphatic heterocycles. The Labute approximate surface area is 93.5 Å². The molecular formula is C14H15P. The van der Waals surface area contributed by atoms with Crippen LogP contribution in [0.4, 0.5) is 0 Å². The smallest absolute Gasteiger partial charge is 0.0122 e. The number of aryl methyl sites for hydroxylation is 1. The van der Waals surface area contributed by atoms with Crippen LogP contribution in [0.1, 0.15) is 11.1 Å². The second kappa shape index (κ2) is 4.59. The predicted octanol–water partition coefficient (Wildman–Crippen LogP) is 4.04. The molecule has 1 unspecified atom stereocenters. The van der Waals surface area contributed by atoms with Gasteiger partial charge in [0.15, 0.2) is 0 Å². The summed E-state index contributed by atoms with van der Waals surface area (Å²) in [5.74, 6) is 0. The maximum Gasteiger partial charge on any atom is -0.0122 e. The summed E-state index contributed by atoms with van der Waals surface area (Å²) in [4.78, 5) is 0. The van der Waals surface area contributed by atoms with Crippen molar-refractivity contribution in [3.05, 3.63) is 59.7 Å². The zero-order valence-electron chi connectivity index (χ0n) is 8.90. The molecule has 0 aliphatic rings. The molecule has 0 radical (unpaired) electrons. The topological polar surface area (TPSA) is 0 Å². The van der Waals surface area contributed by atoms with E-state index in [0.717, 1.165) is 6.16 Å². The molecule has 0 spiro atoms. The Hall–Kier alpha value is -1.13. The Morgan fingerprint density at radius 1 is 0.867 bits per heavy atom. The third kappa shape index (κ3) is 2.11. The van der Waals surface area contributed by atoms with Crippen molar-refractivity contribution in [1.82, 2.24) is 0 Å². The Kier molecular flexibility index (Phi) is 3.18. The first-order valence-electron chi connectivity index (χ1n) is 5.17. The fourth-order valence-electron chi connectivity index (χ4n) is 1.84. The van der Waals surface area contributed by atoms with Crippen molar-refractivity contribution >= 4 is 9.24 Å². The lowest BCUT2D eigenvalue weighted by Crippen LogP contribution is -1.87. The first-order valence-corrected chi connectivity index (χ1v) is 5.98. The Morgan fingerprint density at radius 3 is 2.13 bits per heavy atom. The molecule has 0 amide bonds. The van der Waals surface area contributed by atoms with Crippen LogP contribution >= 0.6 is 9.24 Å². The van der Waals surface area contributed by atoms with E-state index < -0.39 is 0 Å². The van der Waals surface area contributed by atoms with Gasteiger partial charge in [0, 0.05) is 0 Å². The van der Waals surface area contributed by atoms with Crippen molar-refractivity contribution in [3.8, 4) is 11.1 Å². The number of benzene rings is 2. The van der Waals surface area contributed by atoms with Crippen LogP contribution in [0.2, 0.25) is 0 Å². The van der Waals surface area contributed by atoms with E-state index >= 15 is 0 Å². The minimum Gasteiger partial charge on any atom is -0.133 e. The summed E-state index contributed by atoms with van der Waals surface area (Å²) in [5, 5.41) is 0. The highest BCUT2D eigenvalue weighted by Gasteiger charge is 2.04. The Morgan fingerprint density at radius 2 is 1.47 bits per heavy atom. The normalized spacial score (nSPS) is 10.3. The van der Waals surface area contributed by atoms with Crippen LogP contribution in [-0.2, 0) is 6.16 Å². The summed E-state index contributed by atoms with van der Waals surface area (Å²) < 4.78 is 0. The van der Waals surface area contributed by atoms with Crippen molar-refractivity contribution in [2.45, 2.75) is 13.1 Å². The molecule has 0 fully saturated rings. The van der Waals surface area contributed by atoms with Gasteiger partial charge in [-0.1, -0.05) is 48.5 Å². The Bertz CT molecular complexity index is 460. The van der Waals surface area contributed by atoms with Crippen LogP contribution in [0.15, 0.2) is 48.5 Å². The molecule has 0 N–H and O–H groups in total. The standard InChI is InChI=1S/C14H15P/c1-11-6-2-4-8-13(11)14-9-5-3-7-12(14)10-15/h2-9H,10,15H2,1H3. The molecular weight excluding hydrogens is 199 g/mol. The maximum atomic E-state index is 2.79. The SMILES string of the molecule is Cc1ccccc1-c1ccccc1CP. The zero-order chi connectivity index (χ0) is 10.7. The first-order chi connectivity index (χ1) is 7.33. The Balaban J connectivity index is 2.59. The summed E-state index contributed by atoms with van der Waals surface area (Å²) in [5.41, 5.74) is 5.42. The van der Waals surface area contributed by atoms with Crippen molar-refractivity contribution in [3.63, 3.8) is 0 Å². The van der Waals surface area contributed by atoms with E-state index in [1.807, 2.05) is 0 Å². The molecule has 0 bridgehead atoms. The predicted molar refractivity (Wildman–Crippen MR) is 70.0 cm³/mol. The van der Waals surface area contributed by atoms with Gasteiger partial charge in [-0.2, -0.15) is 0 Å². The molecule has 0 heterocycles. The monoisotopic (exact) mass is 214 g/mol. The van der Waals surface area contributed by atoms with Crippen LogP contribution in [-0.4, -0.2) is 0 Å². The molecule has 0 nitrogen and oxygen atoms in total. The van der Waals surface area contributed by atoms with Gasteiger partial charge in [-0.05, 0) is 35.3 Å². The quantitative estimate of drug-likeness (QED) is 0.662. The van der Waals surface area contributed by atoms with E-state index in [0.29, 0.717) is 0 Å². The molecule has 2 rings (SSSR count). The third-order valence-electron chi connectivity index (χ3n) is 2.67. The largest absolute Gasteiger partial charge is 0.133 e. The number of rotatable bonds is 2. The van der Waals surface area contributed by atoms with Gasteiger partial charge in [-0.3, -0.25) is 0 Å². The van der Waals surface area contributed by atoms with E-state index in [1.165, 1.54) is 22.3 Å². The fraction of sp³-hybridized carbons (Fsp3) is 0.143. The van der Waals surface area contributed by atoms with Crippen molar-refractivity contribution in [1.29, 1.82) is 0 Å². The van der Waals surface area contributed by atoms with Crippen molar-refractivity contribution in [2.24, 2.45) is 0 Å². The lowest BCUT2D eigenvalue weighted by Gasteiger charge is -2.10. The van der Waals surface area contributed by atoms with E-state index in [2.05, 4.69) is 64.7 Å². The second-order valence-electron chi connectivity index (χ2n) is 3.68. The minimum atomic E-state index is 1.00. The van der Waals surface area contributed by atoms with E-state index in [1.54, 1.807) is 0 Å². The minimum absolute atomic E-state index is 1.00. The van der Waals surface area contributed by atoms with Gasteiger partial charge in [-0.25, -0.2) is 0 Å². The summed E-state index contributed by atoms with van der Waals surface area (Å²) in [7, 11) is 2.79. The highest BCUT2D eigenvalue weighted by molar-refractivity contribution is 7.15. The molecule has 2 aromatic rings. The summed E-state index contributed by atoms with van der Waals surface area (Å²) in [6, 6.07) is 17.1. The van der Waals surface area contributed by atoms with Gasteiger partial charge >= 0.3 is 0 Å². The lowest BCUT2D eigenvalue weighted by molar-refractivity contribution is 1.38. The van der Waals surface area contributed by atoms with Crippen LogP contribution < -0.4 is 0 Å². The van der Waals surface area contributed by atoms with Crippen LogP contribution in [0.25, 0.3) is 11.1 Å². The van der Waals surface area contributed by atoms with E-state index in [-0.39, 0.29) is 0 Å². The molecule has 2 aromatic carbocycles. The fourth-order valence-corrected chi connectivity index (χ4v) is 2.19. The number of hydrogen-bond acceptors (Lipinski definition) is 0. The van der Waals surface area contributed by atoms with Crippen LogP contribution in [0, 0.1) is 6.92 Å². The van der Waals surface area contributed by atoms with Gasteiger partial charge in [0.05, 0.1) is 0 Å². The highest BCUT2D eigenvalue weighted by atomic mass is 31.0. The van der Waals surface area contributed by atoms with Gasteiger partial charge in [-0.15, -0.1) is 9.24 Å². The molecule has 0 aromatic heterocycles. The third-order valence-corrected chi connectivity index (χ3v) is 3.11. The molecule has 76 valence electrons. The highest BCUT2D eigenvalue weighted by Crippen LogP contribution is 2.27. The summed E-state index contributed by atoms with van der Waals surface area (Å²) in [6.07, 6.45) is 1.00. The molecule has 1 atom stereocenters. The zero-order valence-corrected chi connectivity index (χ0v) is 10.1. The average Bonchev–Trinajstić information content (AvgIpc) is 2.30. The molecule has 15 heavy (non-hydrogen) atoms. The van der Waals surface area contributed by atoms with Crippen LogP contribution in [0.5, 0.6) is 0 Å². The van der Waals surface area contributed by atoms with Crippen molar-refractivity contribution in [2.75, 3.05) is 0 Å². The van der Waals surface area contributed by atoms with E-state index in [9.17, 15) is 0 Å². The molecule has 1 heteroatoms. The van der Waals surface area contributed by atoms with Gasteiger partial charge in [0.2, 0.25) is 0 Å². The lowest BCUT2D eigenvalue weighted by atomic mass is 9.97. The van der Waals surface area contributed by atoms with E-state index in [4.69, 9.17) is 0 Å². The molecule has 0 saturated heterocycles. The van der Waals surface area contributed by atoms with Gasteiger partial charge in [0.1, 0.15) is 0 Å². The van der Waals surface area contributed by atoms with Crippen LogP contribution in [0.3, 0.4) is 0 Å². The summed E-state index contributed by atoms with van der Waals surface area (Å²) >= 11 is 0. The average molecular weight is 214 g/mol. The van der Waals surface area contributed by atoms with Crippen molar-refractivity contribution < 1.29 is 0 Å².